The first-order valence-corrected chi connectivity index (χ1v) is 25.4. The normalized spacial score (nSPS) is 23.6. The number of hydrogen-bond donors (Lipinski definition) is 9. The van der Waals surface area contributed by atoms with E-state index in [1.807, 2.05) is 0 Å². The number of unbranched alkanes of at least 4 members (excludes halogenated alkanes) is 24. The van der Waals surface area contributed by atoms with E-state index >= 15 is 0 Å². The first-order chi connectivity index (χ1) is 28.8. The predicted molar refractivity (Wildman–Crippen MR) is 238 cm³/mol. The van der Waals surface area contributed by atoms with Gasteiger partial charge in [0.05, 0.1) is 31.3 Å². The van der Waals surface area contributed by atoms with Gasteiger partial charge in [-0.25, -0.2) is 4.57 Å². The van der Waals surface area contributed by atoms with E-state index in [-0.39, 0.29) is 6.42 Å². The van der Waals surface area contributed by atoms with Gasteiger partial charge in [0.1, 0.15) is 36.6 Å². The standard InChI is InChI=1S/C46H88NO12P/c1-3-5-7-9-11-13-15-17-18-19-20-22-23-25-27-29-31-33-37(48)35-40(50)47-38(39(49)34-32-30-28-26-24-21-16-14-12-10-8-6-4-2)36-58-60(56,57)59-46-44(54)42(52)41(51)43(53)45(46)55/h19-20,32,34,37-39,41-46,48-49,51-55H,3-18,21-31,33,35-36H2,1-2H3,(H,47,50)(H,56,57)/b20-19-,34-32+. The highest BCUT2D eigenvalue weighted by Gasteiger charge is 2.51. The smallest absolute Gasteiger partial charge is 0.393 e. The third-order valence-corrected chi connectivity index (χ3v) is 12.5. The van der Waals surface area contributed by atoms with Gasteiger partial charge >= 0.3 is 7.82 Å². The maximum absolute atomic E-state index is 13.0. The monoisotopic (exact) mass is 878 g/mol. The lowest BCUT2D eigenvalue weighted by Gasteiger charge is -2.41. The minimum Gasteiger partial charge on any atom is -0.393 e. The molecule has 0 radical (unpaired) electrons. The fourth-order valence-electron chi connectivity index (χ4n) is 7.59. The fraction of sp³-hybridized carbons (Fsp3) is 0.891. The molecule has 0 saturated heterocycles. The number of phosphoric ester groups is 1. The number of aliphatic hydroxyl groups is 7. The van der Waals surface area contributed by atoms with E-state index in [0.717, 1.165) is 64.2 Å². The molecule has 1 aliphatic carbocycles. The molecule has 1 rings (SSSR count). The zero-order valence-electron chi connectivity index (χ0n) is 37.4. The van der Waals surface area contributed by atoms with Crippen LogP contribution in [0.25, 0.3) is 0 Å². The van der Waals surface area contributed by atoms with Crippen molar-refractivity contribution in [3.8, 4) is 0 Å². The highest BCUT2D eigenvalue weighted by atomic mass is 31.2. The van der Waals surface area contributed by atoms with E-state index < -0.39 is 75.2 Å². The molecule has 14 heteroatoms. The molecule has 1 fully saturated rings. The van der Waals surface area contributed by atoms with Gasteiger partial charge in [-0.15, -0.1) is 0 Å². The molecule has 1 saturated carbocycles. The summed E-state index contributed by atoms with van der Waals surface area (Å²) in [5.74, 6) is -0.597. The van der Waals surface area contributed by atoms with Gasteiger partial charge in [-0.1, -0.05) is 173 Å². The molecule has 9 N–H and O–H groups in total. The summed E-state index contributed by atoms with van der Waals surface area (Å²) in [5.41, 5.74) is 0. The summed E-state index contributed by atoms with van der Waals surface area (Å²) in [7, 11) is -5.14. The van der Waals surface area contributed by atoms with Crippen LogP contribution < -0.4 is 5.32 Å². The largest absolute Gasteiger partial charge is 0.472 e. The van der Waals surface area contributed by atoms with E-state index in [2.05, 4.69) is 31.3 Å². The number of aliphatic hydroxyl groups excluding tert-OH is 7. The number of carbonyl (C=O) groups excluding carboxylic acids is 1. The lowest BCUT2D eigenvalue weighted by molar-refractivity contribution is -0.220. The molecule has 1 aliphatic rings. The summed E-state index contributed by atoms with van der Waals surface area (Å²) in [5, 5.41) is 74.4. The van der Waals surface area contributed by atoms with E-state index in [9.17, 15) is 50.0 Å². The quantitative estimate of drug-likeness (QED) is 0.0163. The molecule has 0 spiro atoms. The van der Waals surface area contributed by atoms with Crippen molar-refractivity contribution < 1.29 is 59.0 Å². The number of rotatable bonds is 39. The van der Waals surface area contributed by atoms with Crippen LogP contribution in [0.15, 0.2) is 24.3 Å². The predicted octanol–water partition coefficient (Wildman–Crippen LogP) is 7.98. The van der Waals surface area contributed by atoms with Crippen molar-refractivity contribution in [2.75, 3.05) is 6.61 Å². The van der Waals surface area contributed by atoms with E-state index in [0.29, 0.717) is 12.8 Å². The lowest BCUT2D eigenvalue weighted by Crippen LogP contribution is -2.64. The number of nitrogens with one attached hydrogen (secondary N) is 1. The molecule has 0 aromatic heterocycles. The van der Waals surface area contributed by atoms with Crippen LogP contribution in [-0.4, -0.2) is 108 Å². The van der Waals surface area contributed by atoms with Crippen LogP contribution in [0, 0.1) is 0 Å². The van der Waals surface area contributed by atoms with Crippen molar-refractivity contribution in [3.05, 3.63) is 24.3 Å². The Kier molecular flexibility index (Phi) is 34.2. The Bertz CT molecular complexity index is 1130. The highest BCUT2D eigenvalue weighted by molar-refractivity contribution is 7.47. The summed E-state index contributed by atoms with van der Waals surface area (Å²) in [6.07, 6.45) is 25.5. The second kappa shape index (κ2) is 36.2. The minimum atomic E-state index is -5.14. The van der Waals surface area contributed by atoms with Gasteiger partial charge in [0.15, 0.2) is 0 Å². The van der Waals surface area contributed by atoms with Gasteiger partial charge in [-0.2, -0.15) is 0 Å². The molecule has 1 amide bonds. The number of phosphoric acid groups is 1. The van der Waals surface area contributed by atoms with Crippen LogP contribution >= 0.6 is 7.82 Å². The number of carbonyl (C=O) groups is 1. The number of allylic oxidation sites excluding steroid dienone is 3. The Hall–Kier alpha value is -1.22. The first-order valence-electron chi connectivity index (χ1n) is 23.9. The molecule has 0 aromatic carbocycles. The Labute approximate surface area is 363 Å². The van der Waals surface area contributed by atoms with Gasteiger partial charge in [0, 0.05) is 0 Å². The minimum absolute atomic E-state index is 0.249. The van der Waals surface area contributed by atoms with Gasteiger partial charge in [0.2, 0.25) is 5.91 Å². The van der Waals surface area contributed by atoms with Gasteiger partial charge in [-0.3, -0.25) is 13.8 Å². The van der Waals surface area contributed by atoms with Crippen LogP contribution in [0.3, 0.4) is 0 Å². The molecule has 0 bridgehead atoms. The Morgan fingerprint density at radius 3 is 1.42 bits per heavy atom. The van der Waals surface area contributed by atoms with Crippen LogP contribution in [-0.2, 0) is 18.4 Å². The molecule has 0 aliphatic heterocycles. The summed E-state index contributed by atoms with van der Waals surface area (Å²) in [6.45, 7) is 3.73. The highest BCUT2D eigenvalue weighted by Crippen LogP contribution is 2.47. The van der Waals surface area contributed by atoms with Crippen LogP contribution in [0.1, 0.15) is 200 Å². The van der Waals surface area contributed by atoms with Crippen LogP contribution in [0.5, 0.6) is 0 Å². The second-order valence-electron chi connectivity index (χ2n) is 17.1. The van der Waals surface area contributed by atoms with Crippen molar-refractivity contribution >= 4 is 13.7 Å². The molecular formula is C46H88NO12P. The molecule has 354 valence electrons. The summed E-state index contributed by atoms with van der Waals surface area (Å²) >= 11 is 0. The summed E-state index contributed by atoms with van der Waals surface area (Å²) in [4.78, 5) is 23.4. The van der Waals surface area contributed by atoms with Crippen molar-refractivity contribution in [1.29, 1.82) is 0 Å². The molecule has 8 atom stereocenters. The molecule has 0 heterocycles. The van der Waals surface area contributed by atoms with Gasteiger partial charge < -0.3 is 46.0 Å². The summed E-state index contributed by atoms with van der Waals surface area (Å²) in [6, 6.07) is -1.24. The van der Waals surface area contributed by atoms with Crippen molar-refractivity contribution in [2.24, 2.45) is 0 Å². The van der Waals surface area contributed by atoms with Gasteiger partial charge in [-0.05, 0) is 44.9 Å². The molecule has 0 aromatic rings. The third-order valence-electron chi connectivity index (χ3n) is 11.5. The van der Waals surface area contributed by atoms with E-state index in [4.69, 9.17) is 9.05 Å². The van der Waals surface area contributed by atoms with Crippen LogP contribution in [0.4, 0.5) is 0 Å². The maximum atomic E-state index is 13.0. The van der Waals surface area contributed by atoms with Gasteiger partial charge in [0.25, 0.3) is 0 Å². The van der Waals surface area contributed by atoms with Crippen molar-refractivity contribution in [3.63, 3.8) is 0 Å². The molecule has 60 heavy (non-hydrogen) atoms. The SMILES string of the molecule is CCCCCCCCCC/C=C\CCCCCCCC(O)CC(=O)NC(COP(=O)(O)OC1C(O)C(O)C(O)C(O)C1O)C(O)/C=C/CCCCCCCCCCCCC. The van der Waals surface area contributed by atoms with E-state index in [1.165, 1.54) is 109 Å². The molecule has 13 nitrogen and oxygen atoms in total. The topological polar surface area (TPSA) is 226 Å². The second-order valence-corrected chi connectivity index (χ2v) is 18.5. The van der Waals surface area contributed by atoms with Crippen molar-refractivity contribution in [1.82, 2.24) is 5.32 Å². The Morgan fingerprint density at radius 2 is 0.967 bits per heavy atom. The Balaban J connectivity index is 2.53. The van der Waals surface area contributed by atoms with Crippen LogP contribution in [0.2, 0.25) is 0 Å². The van der Waals surface area contributed by atoms with E-state index in [1.54, 1.807) is 6.08 Å². The van der Waals surface area contributed by atoms with Crippen molar-refractivity contribution in [2.45, 2.75) is 255 Å². The summed E-state index contributed by atoms with van der Waals surface area (Å²) < 4.78 is 22.9. The first kappa shape index (κ1) is 56.8. The zero-order chi connectivity index (χ0) is 44.4. The molecular weight excluding hydrogens is 789 g/mol. The average molecular weight is 878 g/mol. The maximum Gasteiger partial charge on any atom is 0.472 e. The zero-order valence-corrected chi connectivity index (χ0v) is 38.3. The number of hydrogen-bond acceptors (Lipinski definition) is 11. The molecule has 8 unspecified atom stereocenters. The third kappa shape index (κ3) is 27.8. The fourth-order valence-corrected chi connectivity index (χ4v) is 8.55. The average Bonchev–Trinajstić information content (AvgIpc) is 3.22. The Morgan fingerprint density at radius 1 is 0.583 bits per heavy atom. The number of amides is 1. The lowest BCUT2D eigenvalue weighted by atomic mass is 9.85.